The highest BCUT2D eigenvalue weighted by Crippen LogP contribution is 2.26. The molecule has 2 N–H and O–H groups in total. The largest absolute Gasteiger partial charge is 0.457 e. The predicted molar refractivity (Wildman–Crippen MR) is 114 cm³/mol. The number of nitrogens with one attached hydrogen (secondary N) is 2. The Morgan fingerprint density at radius 1 is 0.897 bits per heavy atom. The van der Waals surface area contributed by atoms with Crippen LogP contribution in [0.3, 0.4) is 0 Å². The summed E-state index contributed by atoms with van der Waals surface area (Å²) in [5.74, 6) is 0.924. The van der Waals surface area contributed by atoms with Crippen LogP contribution in [0.1, 0.15) is 42.2 Å². The molecule has 0 heterocycles. The van der Waals surface area contributed by atoms with Crippen molar-refractivity contribution in [2.24, 2.45) is 0 Å². The smallest absolute Gasteiger partial charge is 0.255 e. The van der Waals surface area contributed by atoms with Crippen LogP contribution in [0, 0.1) is 0 Å². The molecule has 5 nitrogen and oxygen atoms in total. The summed E-state index contributed by atoms with van der Waals surface area (Å²) in [5.41, 5.74) is 2.14. The number of rotatable bonds is 7. The molecule has 148 valence electrons. The minimum atomic E-state index is -0.215. The maximum absolute atomic E-state index is 12.8. The number of amides is 2. The quantitative estimate of drug-likeness (QED) is 0.576. The second-order valence-electron chi connectivity index (χ2n) is 6.63. The highest BCUT2D eigenvalue weighted by Gasteiger charge is 2.16. The van der Waals surface area contributed by atoms with Crippen LogP contribution in [0.5, 0.6) is 11.5 Å². The molecule has 1 atom stereocenters. The highest BCUT2D eigenvalue weighted by molar-refractivity contribution is 5.97. The van der Waals surface area contributed by atoms with E-state index in [1.165, 1.54) is 0 Å². The summed E-state index contributed by atoms with van der Waals surface area (Å²) < 4.78 is 5.88. The monoisotopic (exact) mass is 388 g/mol. The van der Waals surface area contributed by atoms with Crippen LogP contribution in [0.25, 0.3) is 0 Å². The molecule has 0 aliphatic rings. The van der Waals surface area contributed by atoms with Crippen LogP contribution in [-0.2, 0) is 4.79 Å². The van der Waals surface area contributed by atoms with E-state index in [4.69, 9.17) is 4.74 Å². The topological polar surface area (TPSA) is 67.4 Å². The summed E-state index contributed by atoms with van der Waals surface area (Å²) >= 11 is 0. The van der Waals surface area contributed by atoms with Crippen LogP contribution >= 0.6 is 0 Å². The Morgan fingerprint density at radius 2 is 1.55 bits per heavy atom. The molecule has 5 heteroatoms. The Balaban J connectivity index is 1.69. The third-order valence-corrected chi connectivity index (χ3v) is 4.47. The van der Waals surface area contributed by atoms with E-state index in [1.807, 2.05) is 73.7 Å². The number of para-hydroxylation sites is 2. The first-order valence-corrected chi connectivity index (χ1v) is 9.59. The van der Waals surface area contributed by atoms with Gasteiger partial charge in [-0.25, -0.2) is 0 Å². The molecule has 0 fully saturated rings. The van der Waals surface area contributed by atoms with Gasteiger partial charge < -0.3 is 15.4 Å². The molecule has 0 aromatic heterocycles. The number of carbonyl (C=O) groups excluding carboxylic acids is 2. The number of ether oxygens (including phenoxy) is 1. The number of carbonyl (C=O) groups is 2. The molecule has 1 unspecified atom stereocenters. The SMILES string of the molecule is CCC(=O)Nc1ccc(C(C)NC(=O)c2ccccc2Oc2ccccc2)cc1. The Labute approximate surface area is 170 Å². The van der Waals surface area contributed by atoms with Gasteiger partial charge in [0.05, 0.1) is 11.6 Å². The number of anilines is 1. The van der Waals surface area contributed by atoms with Crippen LogP contribution in [0.15, 0.2) is 78.9 Å². The molecule has 3 rings (SSSR count). The fraction of sp³-hybridized carbons (Fsp3) is 0.167. The summed E-state index contributed by atoms with van der Waals surface area (Å²) in [6.07, 6.45) is 0.429. The molecule has 0 bridgehead atoms. The lowest BCUT2D eigenvalue weighted by molar-refractivity contribution is -0.115. The molecule has 0 spiro atoms. The predicted octanol–water partition coefficient (Wildman–Crippen LogP) is 5.32. The van der Waals surface area contributed by atoms with Crippen LogP contribution in [0.4, 0.5) is 5.69 Å². The first-order valence-electron chi connectivity index (χ1n) is 9.59. The van der Waals surface area contributed by atoms with Gasteiger partial charge in [-0.1, -0.05) is 49.4 Å². The van der Waals surface area contributed by atoms with Gasteiger partial charge in [-0.2, -0.15) is 0 Å². The van der Waals surface area contributed by atoms with Crippen LogP contribution < -0.4 is 15.4 Å². The zero-order valence-corrected chi connectivity index (χ0v) is 16.5. The molecule has 3 aromatic rings. The molecule has 0 saturated carbocycles. The van der Waals surface area contributed by atoms with E-state index in [-0.39, 0.29) is 17.9 Å². The lowest BCUT2D eigenvalue weighted by Crippen LogP contribution is -2.27. The molecule has 0 saturated heterocycles. The van der Waals surface area contributed by atoms with E-state index in [0.717, 1.165) is 11.3 Å². The second-order valence-corrected chi connectivity index (χ2v) is 6.63. The van der Waals surface area contributed by atoms with Gasteiger partial charge in [-0.05, 0) is 48.9 Å². The first-order chi connectivity index (χ1) is 14.1. The number of hydrogen-bond donors (Lipinski definition) is 2. The zero-order chi connectivity index (χ0) is 20.6. The molecule has 3 aromatic carbocycles. The second kappa shape index (κ2) is 9.55. The molecular formula is C24H24N2O3. The average molecular weight is 388 g/mol. The van der Waals surface area contributed by atoms with Gasteiger partial charge >= 0.3 is 0 Å². The lowest BCUT2D eigenvalue weighted by Gasteiger charge is -2.17. The van der Waals surface area contributed by atoms with E-state index in [2.05, 4.69) is 10.6 Å². The third-order valence-electron chi connectivity index (χ3n) is 4.47. The summed E-state index contributed by atoms with van der Waals surface area (Å²) in [5, 5.41) is 5.82. The third kappa shape index (κ3) is 5.45. The minimum Gasteiger partial charge on any atom is -0.457 e. The van der Waals surface area contributed by atoms with E-state index in [1.54, 1.807) is 19.1 Å². The Kier molecular flexibility index (Phi) is 6.63. The van der Waals surface area contributed by atoms with E-state index >= 15 is 0 Å². The van der Waals surface area contributed by atoms with Crippen molar-refractivity contribution in [1.29, 1.82) is 0 Å². The van der Waals surface area contributed by atoms with E-state index < -0.39 is 0 Å². The number of benzene rings is 3. The van der Waals surface area contributed by atoms with Crippen LogP contribution in [0.2, 0.25) is 0 Å². The zero-order valence-electron chi connectivity index (χ0n) is 16.5. The molecule has 29 heavy (non-hydrogen) atoms. The Morgan fingerprint density at radius 3 is 2.24 bits per heavy atom. The maximum atomic E-state index is 12.8. The Hall–Kier alpha value is -3.60. The van der Waals surface area contributed by atoms with Crippen molar-refractivity contribution in [3.8, 4) is 11.5 Å². The van der Waals surface area contributed by atoms with Gasteiger partial charge in [0.1, 0.15) is 11.5 Å². The van der Waals surface area contributed by atoms with Crippen molar-refractivity contribution in [3.05, 3.63) is 90.0 Å². The van der Waals surface area contributed by atoms with Gasteiger partial charge in [-0.3, -0.25) is 9.59 Å². The van der Waals surface area contributed by atoms with E-state index in [9.17, 15) is 9.59 Å². The summed E-state index contributed by atoms with van der Waals surface area (Å²) in [6.45, 7) is 3.72. The lowest BCUT2D eigenvalue weighted by atomic mass is 10.1. The van der Waals surface area contributed by atoms with E-state index in [0.29, 0.717) is 23.5 Å². The fourth-order valence-corrected chi connectivity index (χ4v) is 2.82. The molecular weight excluding hydrogens is 364 g/mol. The molecule has 0 aliphatic carbocycles. The average Bonchev–Trinajstić information content (AvgIpc) is 2.75. The summed E-state index contributed by atoms with van der Waals surface area (Å²) in [4.78, 5) is 24.3. The van der Waals surface area contributed by atoms with Crippen molar-refractivity contribution in [1.82, 2.24) is 5.32 Å². The fourth-order valence-electron chi connectivity index (χ4n) is 2.82. The summed E-state index contributed by atoms with van der Waals surface area (Å²) in [6, 6.07) is 23.8. The standard InChI is InChI=1S/C24H24N2O3/c1-3-23(27)26-19-15-13-18(14-16-19)17(2)25-24(28)21-11-7-8-12-22(21)29-20-9-5-4-6-10-20/h4-17H,3H2,1-2H3,(H,25,28)(H,26,27). The molecule has 0 radical (unpaired) electrons. The van der Waals surface area contributed by atoms with Crippen molar-refractivity contribution in [2.45, 2.75) is 26.3 Å². The van der Waals surface area contributed by atoms with Crippen molar-refractivity contribution in [2.75, 3.05) is 5.32 Å². The number of hydrogen-bond acceptors (Lipinski definition) is 3. The highest BCUT2D eigenvalue weighted by atomic mass is 16.5. The van der Waals surface area contributed by atoms with Crippen molar-refractivity contribution >= 4 is 17.5 Å². The summed E-state index contributed by atoms with van der Waals surface area (Å²) in [7, 11) is 0. The maximum Gasteiger partial charge on any atom is 0.255 e. The first kappa shape index (κ1) is 20.1. The van der Waals surface area contributed by atoms with Gasteiger partial charge in [0.25, 0.3) is 5.91 Å². The normalized spacial score (nSPS) is 11.4. The Bertz CT molecular complexity index is 969. The van der Waals surface area contributed by atoms with Gasteiger partial charge in [0.15, 0.2) is 0 Å². The van der Waals surface area contributed by atoms with Crippen molar-refractivity contribution in [3.63, 3.8) is 0 Å². The van der Waals surface area contributed by atoms with Crippen LogP contribution in [-0.4, -0.2) is 11.8 Å². The molecule has 0 aliphatic heterocycles. The van der Waals surface area contributed by atoms with Gasteiger partial charge in [0.2, 0.25) is 5.91 Å². The molecule has 2 amide bonds. The van der Waals surface area contributed by atoms with Crippen molar-refractivity contribution < 1.29 is 14.3 Å². The van der Waals surface area contributed by atoms with Gasteiger partial charge in [-0.15, -0.1) is 0 Å². The van der Waals surface area contributed by atoms with Gasteiger partial charge in [0, 0.05) is 12.1 Å². The minimum absolute atomic E-state index is 0.0332.